The zero-order chi connectivity index (χ0) is 12.2. The molecule has 2 atom stereocenters. The van der Waals surface area contributed by atoms with Crippen LogP contribution in [0.3, 0.4) is 0 Å². The summed E-state index contributed by atoms with van der Waals surface area (Å²) in [6.45, 7) is 1.02. The Bertz CT molecular complexity index is 341. The molecule has 0 aliphatic heterocycles. The van der Waals surface area contributed by atoms with E-state index in [2.05, 4.69) is 10.0 Å². The molecule has 6 nitrogen and oxygen atoms in total. The standard InChI is InChI=1S/C9H18N2O4S/c1-16(14,15)11-6-2-5-10-8-4-3-7(8)9(12)13/h7-8,10-11H,2-6H2,1H3,(H,12,13). The van der Waals surface area contributed by atoms with Crippen molar-refractivity contribution in [1.29, 1.82) is 0 Å². The lowest BCUT2D eigenvalue weighted by Crippen LogP contribution is -2.48. The fraction of sp³-hybridized carbons (Fsp3) is 0.889. The molecule has 7 heteroatoms. The Labute approximate surface area is 95.5 Å². The van der Waals surface area contributed by atoms with E-state index in [9.17, 15) is 13.2 Å². The third-order valence-electron chi connectivity index (χ3n) is 2.72. The Hall–Kier alpha value is -0.660. The molecule has 1 fully saturated rings. The zero-order valence-electron chi connectivity index (χ0n) is 9.27. The minimum atomic E-state index is -3.11. The predicted molar refractivity (Wildman–Crippen MR) is 59.6 cm³/mol. The molecule has 0 radical (unpaired) electrons. The van der Waals surface area contributed by atoms with Gasteiger partial charge in [0.15, 0.2) is 0 Å². The lowest BCUT2D eigenvalue weighted by atomic mass is 9.79. The molecule has 0 aromatic rings. The number of hydrogen-bond acceptors (Lipinski definition) is 4. The molecule has 1 aliphatic carbocycles. The molecule has 0 bridgehead atoms. The van der Waals surface area contributed by atoms with Crippen molar-refractivity contribution in [3.63, 3.8) is 0 Å². The number of hydrogen-bond donors (Lipinski definition) is 3. The van der Waals surface area contributed by atoms with Gasteiger partial charge in [0.25, 0.3) is 0 Å². The van der Waals surface area contributed by atoms with Crippen molar-refractivity contribution in [1.82, 2.24) is 10.0 Å². The van der Waals surface area contributed by atoms with Gasteiger partial charge in [-0.15, -0.1) is 0 Å². The third kappa shape index (κ3) is 4.46. The number of aliphatic carboxylic acids is 1. The van der Waals surface area contributed by atoms with Crippen LogP contribution < -0.4 is 10.0 Å². The van der Waals surface area contributed by atoms with Crippen LogP contribution >= 0.6 is 0 Å². The molecule has 94 valence electrons. The van der Waals surface area contributed by atoms with Crippen LogP contribution in [-0.2, 0) is 14.8 Å². The lowest BCUT2D eigenvalue weighted by Gasteiger charge is -2.34. The molecule has 0 aromatic carbocycles. The average Bonchev–Trinajstić information content (AvgIpc) is 2.05. The zero-order valence-corrected chi connectivity index (χ0v) is 10.1. The monoisotopic (exact) mass is 250 g/mol. The van der Waals surface area contributed by atoms with Crippen LogP contribution in [0.5, 0.6) is 0 Å². The summed E-state index contributed by atoms with van der Waals surface area (Å²) in [5.74, 6) is -1.03. The molecule has 1 aliphatic rings. The molecule has 2 unspecified atom stereocenters. The van der Waals surface area contributed by atoms with E-state index in [1.807, 2.05) is 0 Å². The van der Waals surface area contributed by atoms with E-state index in [1.165, 1.54) is 0 Å². The summed E-state index contributed by atoms with van der Waals surface area (Å²) in [5, 5.41) is 11.9. The molecule has 0 spiro atoms. The van der Waals surface area contributed by atoms with Crippen molar-refractivity contribution in [3.05, 3.63) is 0 Å². The minimum absolute atomic E-state index is 0.0516. The molecule has 0 amide bonds. The highest BCUT2D eigenvalue weighted by Gasteiger charge is 2.35. The van der Waals surface area contributed by atoms with Gasteiger partial charge in [-0.25, -0.2) is 13.1 Å². The maximum atomic E-state index is 10.7. The largest absolute Gasteiger partial charge is 0.481 e. The number of carbonyl (C=O) groups is 1. The first-order valence-electron chi connectivity index (χ1n) is 5.31. The van der Waals surface area contributed by atoms with Crippen LogP contribution in [0.2, 0.25) is 0 Å². The number of sulfonamides is 1. The quantitative estimate of drug-likeness (QED) is 0.523. The van der Waals surface area contributed by atoms with Crippen LogP contribution in [0, 0.1) is 5.92 Å². The van der Waals surface area contributed by atoms with E-state index in [-0.39, 0.29) is 12.0 Å². The van der Waals surface area contributed by atoms with Gasteiger partial charge >= 0.3 is 5.97 Å². The molecular weight excluding hydrogens is 232 g/mol. The highest BCUT2D eigenvalue weighted by molar-refractivity contribution is 7.88. The van der Waals surface area contributed by atoms with E-state index >= 15 is 0 Å². The average molecular weight is 250 g/mol. The van der Waals surface area contributed by atoms with Gasteiger partial charge in [0.1, 0.15) is 0 Å². The van der Waals surface area contributed by atoms with Crippen molar-refractivity contribution in [2.45, 2.75) is 25.3 Å². The number of nitrogens with one attached hydrogen (secondary N) is 2. The van der Waals surface area contributed by atoms with Gasteiger partial charge in [0.05, 0.1) is 12.2 Å². The van der Waals surface area contributed by atoms with E-state index < -0.39 is 16.0 Å². The molecule has 16 heavy (non-hydrogen) atoms. The summed E-state index contributed by atoms with van der Waals surface area (Å²) in [6.07, 6.45) is 3.40. The summed E-state index contributed by atoms with van der Waals surface area (Å²) in [6, 6.07) is 0.0516. The second-order valence-electron chi connectivity index (χ2n) is 4.10. The third-order valence-corrected chi connectivity index (χ3v) is 3.44. The molecular formula is C9H18N2O4S. The van der Waals surface area contributed by atoms with E-state index in [0.717, 1.165) is 19.1 Å². The molecule has 0 saturated heterocycles. The Morgan fingerprint density at radius 1 is 1.38 bits per heavy atom. The van der Waals surface area contributed by atoms with Crippen LogP contribution in [0.15, 0.2) is 0 Å². The fourth-order valence-electron chi connectivity index (χ4n) is 1.67. The van der Waals surface area contributed by atoms with Crippen molar-refractivity contribution < 1.29 is 18.3 Å². The fourth-order valence-corrected chi connectivity index (χ4v) is 2.19. The minimum Gasteiger partial charge on any atom is -0.481 e. The van der Waals surface area contributed by atoms with Crippen molar-refractivity contribution in [2.75, 3.05) is 19.3 Å². The predicted octanol–water partition coefficient (Wildman–Crippen LogP) is -0.621. The Morgan fingerprint density at radius 3 is 2.50 bits per heavy atom. The summed E-state index contributed by atoms with van der Waals surface area (Å²) in [5.41, 5.74) is 0. The molecule has 3 N–H and O–H groups in total. The van der Waals surface area contributed by atoms with E-state index in [4.69, 9.17) is 5.11 Å². The summed E-state index contributed by atoms with van der Waals surface area (Å²) in [7, 11) is -3.11. The first kappa shape index (κ1) is 13.4. The van der Waals surface area contributed by atoms with Gasteiger partial charge < -0.3 is 10.4 Å². The molecule has 1 rings (SSSR count). The highest BCUT2D eigenvalue weighted by Crippen LogP contribution is 2.27. The van der Waals surface area contributed by atoms with Gasteiger partial charge in [-0.3, -0.25) is 4.79 Å². The first-order chi connectivity index (χ1) is 7.40. The maximum absolute atomic E-state index is 10.7. The van der Waals surface area contributed by atoms with E-state index in [0.29, 0.717) is 19.5 Å². The van der Waals surface area contributed by atoms with Crippen LogP contribution in [0.25, 0.3) is 0 Å². The number of carboxylic acid groups (broad SMARTS) is 1. The second-order valence-corrected chi connectivity index (χ2v) is 5.94. The Balaban J connectivity index is 2.06. The Kier molecular flexibility index (Phi) is 4.69. The maximum Gasteiger partial charge on any atom is 0.308 e. The Morgan fingerprint density at radius 2 is 2.06 bits per heavy atom. The highest BCUT2D eigenvalue weighted by atomic mass is 32.2. The molecule has 1 saturated carbocycles. The topological polar surface area (TPSA) is 95.5 Å². The molecule has 0 heterocycles. The van der Waals surface area contributed by atoms with Crippen molar-refractivity contribution >= 4 is 16.0 Å². The smallest absolute Gasteiger partial charge is 0.308 e. The van der Waals surface area contributed by atoms with Gasteiger partial charge in [-0.2, -0.15) is 0 Å². The first-order valence-corrected chi connectivity index (χ1v) is 7.20. The number of carboxylic acids is 1. The normalized spacial score (nSPS) is 25.1. The van der Waals surface area contributed by atoms with Gasteiger partial charge in [0, 0.05) is 12.6 Å². The number of rotatable bonds is 7. The van der Waals surface area contributed by atoms with Crippen LogP contribution in [0.1, 0.15) is 19.3 Å². The van der Waals surface area contributed by atoms with Gasteiger partial charge in [-0.05, 0) is 25.8 Å². The van der Waals surface area contributed by atoms with E-state index in [1.54, 1.807) is 0 Å². The van der Waals surface area contributed by atoms with Crippen LogP contribution in [-0.4, -0.2) is 44.9 Å². The second kappa shape index (κ2) is 5.60. The SMILES string of the molecule is CS(=O)(=O)NCCCNC1CCC1C(=O)O. The summed E-state index contributed by atoms with van der Waals surface area (Å²) in [4.78, 5) is 10.7. The van der Waals surface area contributed by atoms with Gasteiger partial charge in [0.2, 0.25) is 10.0 Å². The molecule has 0 aromatic heterocycles. The lowest BCUT2D eigenvalue weighted by molar-refractivity contribution is -0.146. The van der Waals surface area contributed by atoms with Crippen molar-refractivity contribution in [2.24, 2.45) is 5.92 Å². The van der Waals surface area contributed by atoms with Crippen LogP contribution in [0.4, 0.5) is 0 Å². The van der Waals surface area contributed by atoms with Gasteiger partial charge in [-0.1, -0.05) is 0 Å². The summed E-state index contributed by atoms with van der Waals surface area (Å²) < 4.78 is 23.8. The van der Waals surface area contributed by atoms with Crippen molar-refractivity contribution in [3.8, 4) is 0 Å². The summed E-state index contributed by atoms with van der Waals surface area (Å²) >= 11 is 0.